The molecule has 5 amide bonds. The van der Waals surface area contributed by atoms with Crippen LogP contribution in [0.4, 0.5) is 0 Å². The number of fused-ring (bicyclic) bond motifs is 2. The fourth-order valence-electron chi connectivity index (χ4n) is 9.05. The molecular weight excluding hydrogens is 883 g/mol. The van der Waals surface area contributed by atoms with Crippen LogP contribution < -0.4 is 22.7 Å². The Bertz CT molecular complexity index is 3080. The lowest BCUT2D eigenvalue weighted by molar-refractivity contribution is -0.147. The number of nitrogens with two attached hydrogens (primary N) is 2. The van der Waals surface area contributed by atoms with E-state index < -0.39 is 29.7 Å². The van der Waals surface area contributed by atoms with Crippen molar-refractivity contribution in [3.63, 3.8) is 0 Å². The van der Waals surface area contributed by atoms with E-state index in [4.69, 9.17) is 20.9 Å². The van der Waals surface area contributed by atoms with Crippen LogP contribution in [0.5, 0.6) is 0 Å². The number of aromatic nitrogens is 8. The number of imidazole rings is 2. The average molecular weight is 940 g/mol. The van der Waals surface area contributed by atoms with Crippen LogP contribution in [-0.2, 0) is 54.5 Å². The van der Waals surface area contributed by atoms with Crippen molar-refractivity contribution in [3.05, 3.63) is 130 Å². The lowest BCUT2D eigenvalue weighted by Gasteiger charge is -2.36. The highest BCUT2D eigenvalue weighted by Gasteiger charge is 2.30. The van der Waals surface area contributed by atoms with Crippen LogP contribution in [0.15, 0.2) is 88.8 Å². The largest absolute Gasteiger partial charge is 0.377 e. The number of carbonyl (C=O) groups excluding carboxylic acids is 5. The predicted octanol–water partition coefficient (Wildman–Crippen LogP) is 3.47. The van der Waals surface area contributed by atoms with E-state index in [2.05, 4.69) is 20.2 Å². The first-order valence-corrected chi connectivity index (χ1v) is 23.0. The quantitative estimate of drug-likeness (QED) is 0.144. The van der Waals surface area contributed by atoms with E-state index in [0.717, 1.165) is 5.56 Å². The first kappa shape index (κ1) is 47.8. The second-order valence-electron chi connectivity index (χ2n) is 17.1. The van der Waals surface area contributed by atoms with E-state index in [-0.39, 0.29) is 42.8 Å². The zero-order valence-electron chi connectivity index (χ0n) is 39.7. The number of benzene rings is 3. The van der Waals surface area contributed by atoms with Crippen molar-refractivity contribution in [1.82, 2.24) is 42.7 Å². The number of primary amides is 2. The number of amides is 5. The molecule has 0 aliphatic carbocycles. The summed E-state index contributed by atoms with van der Waals surface area (Å²) in [5, 5.41) is 8.89. The van der Waals surface area contributed by atoms with E-state index in [1.54, 1.807) is 86.0 Å². The van der Waals surface area contributed by atoms with E-state index in [9.17, 15) is 24.0 Å². The molecule has 20 nitrogen and oxygen atoms in total. The van der Waals surface area contributed by atoms with Crippen LogP contribution >= 0.6 is 0 Å². The third kappa shape index (κ3) is 9.84. The molecule has 360 valence electrons. The highest BCUT2D eigenvalue weighted by Crippen LogP contribution is 2.25. The Labute approximate surface area is 397 Å². The second kappa shape index (κ2) is 20.3. The third-order valence-corrected chi connectivity index (χ3v) is 12.6. The van der Waals surface area contributed by atoms with E-state index >= 15 is 0 Å². The SMILES string of the molecule is CCn1nc(C)cc1C(=O)N=c1n(C)c2cc(C(N)=O)ccc2n1CCC(CCn1c(=NC(=O)c2cc(C)nn2CC)n(C)c2cc(C(N)=O)ccc21)OCC(=O)N1CCOC[C@@H]1c1ccccc1. The van der Waals surface area contributed by atoms with E-state index in [1.807, 2.05) is 67.2 Å². The summed E-state index contributed by atoms with van der Waals surface area (Å²) in [6, 6.07) is 22.9. The number of ether oxygens (including phenoxy) is 2. The summed E-state index contributed by atoms with van der Waals surface area (Å²) < 4.78 is 22.9. The van der Waals surface area contributed by atoms with E-state index in [0.29, 0.717) is 102 Å². The third-order valence-electron chi connectivity index (χ3n) is 12.6. The van der Waals surface area contributed by atoms with Crippen LogP contribution in [0.2, 0.25) is 0 Å². The molecule has 4 N–H and O–H groups in total. The molecule has 1 aliphatic heterocycles. The Morgan fingerprint density at radius 3 is 1.67 bits per heavy atom. The highest BCUT2D eigenvalue weighted by molar-refractivity contribution is 5.98. The first-order valence-electron chi connectivity index (χ1n) is 23.0. The molecule has 0 radical (unpaired) electrons. The average Bonchev–Trinajstić information content (AvgIpc) is 4.08. The maximum Gasteiger partial charge on any atom is 0.298 e. The van der Waals surface area contributed by atoms with Crippen molar-refractivity contribution in [3.8, 4) is 0 Å². The van der Waals surface area contributed by atoms with Gasteiger partial charge in [0.25, 0.3) is 11.8 Å². The molecule has 0 unspecified atom stereocenters. The van der Waals surface area contributed by atoms with Crippen molar-refractivity contribution in [2.45, 2.75) is 78.9 Å². The topological polar surface area (TPSA) is 239 Å². The number of aryl methyl sites for hydroxylation is 8. The molecule has 4 aromatic heterocycles. The maximum atomic E-state index is 14.2. The van der Waals surface area contributed by atoms with Crippen molar-refractivity contribution < 1.29 is 33.4 Å². The van der Waals surface area contributed by atoms with Gasteiger partial charge in [-0.2, -0.15) is 20.2 Å². The summed E-state index contributed by atoms with van der Waals surface area (Å²) in [7, 11) is 3.52. The molecule has 1 fully saturated rings. The molecule has 20 heteroatoms. The van der Waals surface area contributed by atoms with Crippen LogP contribution in [0, 0.1) is 13.8 Å². The normalized spacial score (nSPS) is 15.1. The number of rotatable bonds is 16. The van der Waals surface area contributed by atoms with Crippen LogP contribution in [0.1, 0.15) is 91.4 Å². The van der Waals surface area contributed by atoms with Crippen LogP contribution in [-0.4, -0.2) is 105 Å². The Hall–Kier alpha value is -7.71. The second-order valence-corrected chi connectivity index (χ2v) is 17.1. The highest BCUT2D eigenvalue weighted by atomic mass is 16.5. The van der Waals surface area contributed by atoms with Gasteiger partial charge in [-0.1, -0.05) is 30.3 Å². The lowest BCUT2D eigenvalue weighted by atomic mass is 10.0. The maximum absolute atomic E-state index is 14.2. The molecule has 7 aromatic rings. The van der Waals surface area contributed by atoms with Gasteiger partial charge in [0.2, 0.25) is 29.0 Å². The zero-order chi connectivity index (χ0) is 49.1. The molecule has 3 aromatic carbocycles. The van der Waals surface area contributed by atoms with Crippen LogP contribution in [0.3, 0.4) is 0 Å². The summed E-state index contributed by atoms with van der Waals surface area (Å²) in [4.78, 5) is 77.9. The summed E-state index contributed by atoms with van der Waals surface area (Å²) in [5.41, 5.74) is 18.1. The number of hydrogen-bond donors (Lipinski definition) is 2. The van der Waals surface area contributed by atoms with Crippen molar-refractivity contribution in [2.75, 3.05) is 26.4 Å². The summed E-state index contributed by atoms with van der Waals surface area (Å²) in [6.07, 6.45) is 0.0334. The predicted molar refractivity (Wildman–Crippen MR) is 255 cm³/mol. The molecule has 5 heterocycles. The van der Waals surface area contributed by atoms with Gasteiger partial charge < -0.3 is 44.1 Å². The molecular formula is C49H57N13O7. The molecule has 0 bridgehead atoms. The van der Waals surface area contributed by atoms with Gasteiger partial charge in [0.15, 0.2) is 0 Å². The molecule has 8 rings (SSSR count). The van der Waals surface area contributed by atoms with Gasteiger partial charge in [-0.05, 0) is 94.6 Å². The monoisotopic (exact) mass is 939 g/mol. The molecule has 1 atom stereocenters. The standard InChI is InChI=1S/C49H57N13O7/c1-7-61-40(24-30(3)54-61)46(66)52-48-56(5)38-26-33(44(50)64)14-16-36(38)59(48)20-18-35(69-29-43(63)58-22-23-68-28-42(58)32-12-10-9-11-13-32)19-21-60-37-17-15-34(45(51)65)27-39(37)57(6)49(60)53-47(67)41-25-31(4)55-62(41)8-2/h9-17,24-27,35,42H,7-8,18-23,28-29H2,1-6H3,(H2,50,64)(H2,51,65)/t35?,42-/m1/s1. The van der Waals surface area contributed by atoms with Gasteiger partial charge in [-0.15, -0.1) is 0 Å². The van der Waals surface area contributed by atoms with Gasteiger partial charge in [0.1, 0.15) is 18.0 Å². The Morgan fingerprint density at radius 1 is 0.710 bits per heavy atom. The van der Waals surface area contributed by atoms with Gasteiger partial charge in [0.05, 0.1) is 58.8 Å². The Kier molecular flexibility index (Phi) is 14.0. The lowest BCUT2D eigenvalue weighted by Crippen LogP contribution is -2.45. The minimum Gasteiger partial charge on any atom is -0.377 e. The number of morpholine rings is 1. The van der Waals surface area contributed by atoms with Crippen molar-refractivity contribution in [2.24, 2.45) is 35.5 Å². The van der Waals surface area contributed by atoms with Gasteiger partial charge in [0, 0.05) is 57.9 Å². The smallest absolute Gasteiger partial charge is 0.298 e. The Morgan fingerprint density at radius 2 is 1.20 bits per heavy atom. The molecule has 69 heavy (non-hydrogen) atoms. The van der Waals surface area contributed by atoms with Gasteiger partial charge in [-0.3, -0.25) is 33.3 Å². The molecule has 0 spiro atoms. The van der Waals surface area contributed by atoms with Crippen molar-refractivity contribution >= 4 is 51.6 Å². The number of carbonyl (C=O) groups is 5. The summed E-state index contributed by atoms with van der Waals surface area (Å²) in [6.45, 7) is 9.71. The summed E-state index contributed by atoms with van der Waals surface area (Å²) in [5.74, 6) is -2.42. The number of hydrogen-bond acceptors (Lipinski definition) is 9. The Balaban J connectivity index is 1.19. The van der Waals surface area contributed by atoms with Gasteiger partial charge >= 0.3 is 0 Å². The zero-order valence-corrected chi connectivity index (χ0v) is 39.7. The molecule has 0 saturated carbocycles. The molecule has 1 saturated heterocycles. The number of nitrogens with zero attached hydrogens (tertiary/aromatic N) is 11. The summed E-state index contributed by atoms with van der Waals surface area (Å²) >= 11 is 0. The van der Waals surface area contributed by atoms with E-state index in [1.165, 1.54) is 0 Å². The van der Waals surface area contributed by atoms with Gasteiger partial charge in [-0.25, -0.2) is 0 Å². The molecule has 1 aliphatic rings. The fraction of sp³-hybridized carbons (Fsp3) is 0.367. The van der Waals surface area contributed by atoms with Crippen LogP contribution in [0.25, 0.3) is 22.1 Å². The van der Waals surface area contributed by atoms with Crippen molar-refractivity contribution in [1.29, 1.82) is 0 Å². The first-order chi connectivity index (χ1) is 33.2. The minimum absolute atomic E-state index is 0.209. The minimum atomic E-state index is -0.606. The fourth-order valence-corrected chi connectivity index (χ4v) is 9.05.